The summed E-state index contributed by atoms with van der Waals surface area (Å²) in [4.78, 5) is 22.8. The zero-order chi connectivity index (χ0) is 16.2. The van der Waals surface area contributed by atoms with Crippen molar-refractivity contribution in [3.8, 4) is 0 Å². The van der Waals surface area contributed by atoms with Gasteiger partial charge in [0.25, 0.3) is 0 Å². The van der Waals surface area contributed by atoms with Gasteiger partial charge < -0.3 is 15.2 Å². The molecule has 0 radical (unpaired) electrons. The molecule has 5 nitrogen and oxygen atoms in total. The largest absolute Gasteiger partial charge is 0.480 e. The Balaban J connectivity index is 2.81. The zero-order valence-electron chi connectivity index (χ0n) is 11.9. The van der Waals surface area contributed by atoms with Crippen molar-refractivity contribution >= 4 is 34.7 Å². The highest BCUT2D eigenvalue weighted by atomic mass is 127. The van der Waals surface area contributed by atoms with E-state index in [-0.39, 0.29) is 12.0 Å². The second-order valence-corrected chi connectivity index (χ2v) is 6.72. The number of aliphatic carboxylic acids is 1. The number of hydrogen-bond acceptors (Lipinski definition) is 3. The van der Waals surface area contributed by atoms with Crippen molar-refractivity contribution in [1.82, 2.24) is 5.32 Å². The maximum atomic E-state index is 13.7. The van der Waals surface area contributed by atoms with E-state index in [2.05, 4.69) is 5.32 Å². The number of nitrogens with one attached hydrogen (secondary N) is 1. The molecule has 1 atom stereocenters. The van der Waals surface area contributed by atoms with Crippen LogP contribution in [0, 0.1) is 9.39 Å². The summed E-state index contributed by atoms with van der Waals surface area (Å²) < 4.78 is 19.4. The third kappa shape index (κ3) is 6.28. The third-order valence-corrected chi connectivity index (χ3v) is 3.09. The fraction of sp³-hybridized carbons (Fsp3) is 0.429. The Morgan fingerprint density at radius 2 is 2.05 bits per heavy atom. The molecule has 0 aromatic heterocycles. The molecule has 0 spiro atoms. The number of carbonyl (C=O) groups excluding carboxylic acids is 1. The van der Waals surface area contributed by atoms with Crippen molar-refractivity contribution in [1.29, 1.82) is 0 Å². The lowest BCUT2D eigenvalue weighted by atomic mass is 10.1. The predicted molar refractivity (Wildman–Crippen MR) is 83.6 cm³/mol. The van der Waals surface area contributed by atoms with Crippen molar-refractivity contribution in [2.75, 3.05) is 0 Å². The van der Waals surface area contributed by atoms with Crippen LogP contribution in [0.15, 0.2) is 18.2 Å². The lowest BCUT2D eigenvalue weighted by Crippen LogP contribution is -2.44. The number of hydrogen-bond donors (Lipinski definition) is 2. The number of halogens is 2. The minimum Gasteiger partial charge on any atom is -0.480 e. The molecule has 0 fully saturated rings. The Bertz CT molecular complexity index is 542. The van der Waals surface area contributed by atoms with E-state index < -0.39 is 29.5 Å². The summed E-state index contributed by atoms with van der Waals surface area (Å²) in [5.74, 6) is -1.76. The lowest BCUT2D eigenvalue weighted by molar-refractivity contribution is -0.139. The fourth-order valence-corrected chi connectivity index (χ4v) is 2.13. The molecule has 0 aliphatic heterocycles. The standard InChI is InChI=1S/C14H17FINO4/c1-14(2,3)21-13(20)17-11(12(18)19)7-8-6-9(16)4-5-10(8)15/h4-6,11H,7H2,1-3H3,(H,17,20)(H,18,19)/t11-/m1/s1. The second kappa shape index (κ2) is 7.06. The van der Waals surface area contributed by atoms with Gasteiger partial charge in [-0.05, 0) is 67.1 Å². The smallest absolute Gasteiger partial charge is 0.408 e. The van der Waals surface area contributed by atoms with E-state index in [1.54, 1.807) is 32.9 Å². The zero-order valence-corrected chi connectivity index (χ0v) is 14.1. The van der Waals surface area contributed by atoms with Crippen LogP contribution in [0.2, 0.25) is 0 Å². The molecule has 2 N–H and O–H groups in total. The molecule has 0 bridgehead atoms. The minimum atomic E-state index is -1.26. The highest BCUT2D eigenvalue weighted by Crippen LogP contribution is 2.15. The van der Waals surface area contributed by atoms with Gasteiger partial charge in [0.05, 0.1) is 0 Å². The maximum Gasteiger partial charge on any atom is 0.408 e. The van der Waals surface area contributed by atoms with Gasteiger partial charge in [-0.1, -0.05) is 0 Å². The van der Waals surface area contributed by atoms with Gasteiger partial charge in [-0.15, -0.1) is 0 Å². The average molecular weight is 409 g/mol. The number of alkyl carbamates (subject to hydrolysis) is 1. The average Bonchev–Trinajstić information content (AvgIpc) is 2.30. The van der Waals surface area contributed by atoms with Gasteiger partial charge in [-0.2, -0.15) is 0 Å². The Hall–Kier alpha value is -1.38. The summed E-state index contributed by atoms with van der Waals surface area (Å²) in [5.41, 5.74) is -0.508. The van der Waals surface area contributed by atoms with Crippen LogP contribution in [-0.4, -0.2) is 28.8 Å². The first kappa shape index (κ1) is 17.7. The quantitative estimate of drug-likeness (QED) is 0.750. The van der Waals surface area contributed by atoms with Crippen LogP contribution in [0.25, 0.3) is 0 Å². The van der Waals surface area contributed by atoms with E-state index >= 15 is 0 Å². The summed E-state index contributed by atoms with van der Waals surface area (Å²) in [6.45, 7) is 5.00. The van der Waals surface area contributed by atoms with Crippen LogP contribution >= 0.6 is 22.6 Å². The summed E-state index contributed by atoms with van der Waals surface area (Å²) in [5, 5.41) is 11.4. The van der Waals surface area contributed by atoms with Crippen LogP contribution in [0.4, 0.5) is 9.18 Å². The van der Waals surface area contributed by atoms with E-state index in [1.165, 1.54) is 6.07 Å². The molecular formula is C14H17FINO4. The molecule has 0 aliphatic rings. The van der Waals surface area contributed by atoms with Gasteiger partial charge in [0.1, 0.15) is 17.5 Å². The summed E-state index contributed by atoms with van der Waals surface area (Å²) >= 11 is 2.00. The van der Waals surface area contributed by atoms with Crippen molar-refractivity contribution in [3.63, 3.8) is 0 Å². The summed E-state index contributed by atoms with van der Waals surface area (Å²) in [6, 6.07) is 3.13. The number of carboxylic acid groups (broad SMARTS) is 1. The molecule has 0 heterocycles. The van der Waals surface area contributed by atoms with Gasteiger partial charge in [0.2, 0.25) is 0 Å². The molecule has 1 aromatic rings. The second-order valence-electron chi connectivity index (χ2n) is 5.48. The summed E-state index contributed by atoms with van der Waals surface area (Å²) in [6.07, 6.45) is -1.00. The van der Waals surface area contributed by atoms with Crippen LogP contribution in [0.3, 0.4) is 0 Å². The van der Waals surface area contributed by atoms with Crippen LogP contribution in [0.1, 0.15) is 26.3 Å². The van der Waals surface area contributed by atoms with E-state index in [9.17, 15) is 14.0 Å². The Labute approximate surface area is 136 Å². The SMILES string of the molecule is CC(C)(C)OC(=O)N[C@H](Cc1cc(I)ccc1F)C(=O)O. The van der Waals surface area contributed by atoms with E-state index in [1.807, 2.05) is 22.6 Å². The van der Waals surface area contributed by atoms with Crippen LogP contribution in [0.5, 0.6) is 0 Å². The van der Waals surface area contributed by atoms with E-state index in [0.29, 0.717) is 0 Å². The van der Waals surface area contributed by atoms with Gasteiger partial charge in [-0.3, -0.25) is 0 Å². The number of benzene rings is 1. The molecule has 116 valence electrons. The first-order valence-electron chi connectivity index (χ1n) is 6.25. The summed E-state index contributed by atoms with van der Waals surface area (Å²) in [7, 11) is 0. The molecule has 1 amide bonds. The highest BCUT2D eigenvalue weighted by molar-refractivity contribution is 14.1. The van der Waals surface area contributed by atoms with E-state index in [0.717, 1.165) is 3.57 Å². The maximum absolute atomic E-state index is 13.7. The van der Waals surface area contributed by atoms with Gasteiger partial charge >= 0.3 is 12.1 Å². The van der Waals surface area contributed by atoms with Crippen LogP contribution < -0.4 is 5.32 Å². The normalized spacial score (nSPS) is 12.6. The van der Waals surface area contributed by atoms with Crippen molar-refractivity contribution < 1.29 is 23.8 Å². The number of rotatable bonds is 4. The van der Waals surface area contributed by atoms with Crippen molar-refractivity contribution in [2.45, 2.75) is 38.8 Å². The number of ether oxygens (including phenoxy) is 1. The first-order valence-corrected chi connectivity index (χ1v) is 7.32. The molecule has 0 aliphatic carbocycles. The first-order chi connectivity index (χ1) is 9.58. The van der Waals surface area contributed by atoms with Crippen LogP contribution in [-0.2, 0) is 16.0 Å². The fourth-order valence-electron chi connectivity index (χ4n) is 1.57. The molecule has 1 rings (SSSR count). The molecular weight excluding hydrogens is 392 g/mol. The topological polar surface area (TPSA) is 75.6 Å². The Morgan fingerprint density at radius 1 is 1.43 bits per heavy atom. The number of carbonyl (C=O) groups is 2. The van der Waals surface area contributed by atoms with Gasteiger partial charge in [0.15, 0.2) is 0 Å². The Kier molecular flexibility index (Phi) is 5.94. The lowest BCUT2D eigenvalue weighted by Gasteiger charge is -2.22. The molecule has 0 unspecified atom stereocenters. The van der Waals surface area contributed by atoms with E-state index in [4.69, 9.17) is 9.84 Å². The minimum absolute atomic E-state index is 0.156. The third-order valence-electron chi connectivity index (χ3n) is 2.42. The van der Waals surface area contributed by atoms with Gasteiger partial charge in [0, 0.05) is 9.99 Å². The molecule has 1 aromatic carbocycles. The predicted octanol–water partition coefficient (Wildman–Crippen LogP) is 2.95. The monoisotopic (exact) mass is 409 g/mol. The van der Waals surface area contributed by atoms with Crippen molar-refractivity contribution in [3.05, 3.63) is 33.1 Å². The highest BCUT2D eigenvalue weighted by Gasteiger charge is 2.25. The molecule has 7 heteroatoms. The number of amides is 1. The molecule has 21 heavy (non-hydrogen) atoms. The Morgan fingerprint density at radius 3 is 2.57 bits per heavy atom. The molecule has 0 saturated carbocycles. The van der Waals surface area contributed by atoms with Gasteiger partial charge in [-0.25, -0.2) is 14.0 Å². The number of carboxylic acids is 1. The van der Waals surface area contributed by atoms with Crippen molar-refractivity contribution in [2.24, 2.45) is 0 Å². The molecule has 0 saturated heterocycles.